The number of nitrogens with one attached hydrogen (secondary N) is 1. The van der Waals surface area contributed by atoms with Crippen molar-refractivity contribution in [3.63, 3.8) is 0 Å². The minimum absolute atomic E-state index is 0.269. The molecule has 0 saturated carbocycles. The summed E-state index contributed by atoms with van der Waals surface area (Å²) in [7, 11) is 0. The van der Waals surface area contributed by atoms with Crippen molar-refractivity contribution in [2.45, 2.75) is 13.8 Å². The molecule has 0 radical (unpaired) electrons. The third-order valence-corrected chi connectivity index (χ3v) is 2.04. The van der Waals surface area contributed by atoms with Crippen molar-refractivity contribution >= 4 is 0 Å². The third kappa shape index (κ3) is 4.09. The van der Waals surface area contributed by atoms with E-state index in [1.54, 1.807) is 0 Å². The molecule has 1 fully saturated rings. The first kappa shape index (κ1) is 13.6. The fraction of sp³-hybridized carbons (Fsp3) is 0.417. The Morgan fingerprint density at radius 3 is 2.27 bits per heavy atom. The van der Waals surface area contributed by atoms with E-state index >= 15 is 0 Å². The average molecular weight is 208 g/mol. The van der Waals surface area contributed by atoms with Gasteiger partial charge in [0.1, 0.15) is 5.83 Å². The van der Waals surface area contributed by atoms with Gasteiger partial charge in [0.05, 0.1) is 11.6 Å². The number of rotatable bonds is 3. The summed E-state index contributed by atoms with van der Waals surface area (Å²) < 4.78 is 12.4. The quantitative estimate of drug-likeness (QED) is 0.571. The zero-order valence-electron chi connectivity index (χ0n) is 9.31. The Morgan fingerprint density at radius 1 is 1.47 bits per heavy atom. The van der Waals surface area contributed by atoms with Crippen LogP contribution in [0.5, 0.6) is 0 Å². The van der Waals surface area contributed by atoms with E-state index in [1.807, 2.05) is 19.9 Å². The molecule has 1 rings (SSSR count). The summed E-state index contributed by atoms with van der Waals surface area (Å²) >= 11 is 0. The molecule has 1 saturated heterocycles. The molecule has 0 aromatic carbocycles. The highest BCUT2D eigenvalue weighted by Gasteiger charge is 2.22. The molecule has 1 N–H and O–H groups in total. The number of hydrogen-bond acceptors (Lipinski definition) is 2. The molecular weight excluding hydrogens is 191 g/mol. The lowest BCUT2D eigenvalue weighted by molar-refractivity contribution is 0.404. The molecule has 3 heteroatoms. The van der Waals surface area contributed by atoms with Gasteiger partial charge < -0.3 is 5.32 Å². The molecule has 1 heterocycles. The largest absolute Gasteiger partial charge is 0.315 e. The maximum absolute atomic E-state index is 12.4. The number of nitrogens with zero attached hydrogens (tertiary/aromatic N) is 1. The van der Waals surface area contributed by atoms with Crippen molar-refractivity contribution < 1.29 is 4.39 Å². The highest BCUT2D eigenvalue weighted by Crippen LogP contribution is 2.21. The predicted octanol–water partition coefficient (Wildman–Crippen LogP) is 2.72. The van der Waals surface area contributed by atoms with Gasteiger partial charge >= 0.3 is 0 Å². The molecule has 0 atom stereocenters. The fourth-order valence-electron chi connectivity index (χ4n) is 1.11. The van der Waals surface area contributed by atoms with Gasteiger partial charge in [-0.05, 0) is 11.6 Å². The average Bonchev–Trinajstić information content (AvgIpc) is 2.14. The molecule has 1 aliphatic rings. The molecule has 0 aromatic rings. The molecule has 2 nitrogen and oxygen atoms in total. The zero-order chi connectivity index (χ0) is 11.8. The van der Waals surface area contributed by atoms with Crippen LogP contribution in [-0.4, -0.2) is 13.1 Å². The topological polar surface area (TPSA) is 35.8 Å². The highest BCUT2D eigenvalue weighted by molar-refractivity contribution is 5.45. The first-order valence-electron chi connectivity index (χ1n) is 5.01. The first-order chi connectivity index (χ1) is 7.15. The van der Waals surface area contributed by atoms with E-state index in [0.29, 0.717) is 11.1 Å². The summed E-state index contributed by atoms with van der Waals surface area (Å²) in [5.41, 5.74) is 0.985. The fourth-order valence-corrected chi connectivity index (χ4v) is 1.11. The molecule has 0 unspecified atom stereocenters. The van der Waals surface area contributed by atoms with E-state index < -0.39 is 5.83 Å². The van der Waals surface area contributed by atoms with E-state index in [2.05, 4.69) is 18.5 Å². The normalized spacial score (nSPS) is 15.5. The van der Waals surface area contributed by atoms with Gasteiger partial charge in [0.25, 0.3) is 0 Å². The summed E-state index contributed by atoms with van der Waals surface area (Å²) in [4.78, 5) is 0. The lowest BCUT2D eigenvalue weighted by atomic mass is 9.89. The number of allylic oxidation sites excluding steroid dienone is 3. The molecule has 82 valence electrons. The Kier molecular flexibility index (Phi) is 6.32. The van der Waals surface area contributed by atoms with Crippen molar-refractivity contribution in [2.75, 3.05) is 13.1 Å². The summed E-state index contributed by atoms with van der Waals surface area (Å²) in [5, 5.41) is 11.8. The van der Waals surface area contributed by atoms with Crippen LogP contribution in [0.1, 0.15) is 13.8 Å². The van der Waals surface area contributed by atoms with Crippen molar-refractivity contribution in [1.82, 2.24) is 5.32 Å². The number of hydrogen-bond donors (Lipinski definition) is 1. The lowest BCUT2D eigenvalue weighted by Crippen LogP contribution is -2.43. The van der Waals surface area contributed by atoms with Gasteiger partial charge in [-0.25, -0.2) is 4.39 Å². The van der Waals surface area contributed by atoms with Gasteiger partial charge in [-0.3, -0.25) is 0 Å². The van der Waals surface area contributed by atoms with Gasteiger partial charge in [-0.15, -0.1) is 0 Å². The number of halogens is 1. The van der Waals surface area contributed by atoms with Gasteiger partial charge in [-0.2, -0.15) is 5.26 Å². The minimum atomic E-state index is -0.606. The highest BCUT2D eigenvalue weighted by atomic mass is 19.1. The third-order valence-electron chi connectivity index (χ3n) is 2.04. The predicted molar refractivity (Wildman–Crippen MR) is 60.8 cm³/mol. The van der Waals surface area contributed by atoms with Crippen LogP contribution in [0, 0.1) is 17.2 Å². The molecule has 0 amide bonds. The smallest absolute Gasteiger partial charge is 0.117 e. The molecule has 1 aliphatic heterocycles. The Balaban J connectivity index is 0.000000921. The monoisotopic (exact) mass is 208 g/mol. The second kappa shape index (κ2) is 6.97. The van der Waals surface area contributed by atoms with Crippen LogP contribution in [0.2, 0.25) is 0 Å². The Morgan fingerprint density at radius 2 is 2.00 bits per heavy atom. The van der Waals surface area contributed by atoms with E-state index in [1.165, 1.54) is 0 Å². The molecule has 0 aliphatic carbocycles. The van der Waals surface area contributed by atoms with Crippen LogP contribution in [0.15, 0.2) is 36.2 Å². The second-order valence-electron chi connectivity index (χ2n) is 3.00. The van der Waals surface area contributed by atoms with Crippen molar-refractivity contribution in [2.24, 2.45) is 5.92 Å². The minimum Gasteiger partial charge on any atom is -0.315 e. The van der Waals surface area contributed by atoms with Gasteiger partial charge in [0.2, 0.25) is 0 Å². The summed E-state index contributed by atoms with van der Waals surface area (Å²) in [6.07, 6.45) is 1.13. The van der Waals surface area contributed by atoms with Crippen LogP contribution in [-0.2, 0) is 0 Å². The molecular formula is C12H17FN2. The van der Waals surface area contributed by atoms with Crippen LogP contribution in [0.3, 0.4) is 0 Å². The van der Waals surface area contributed by atoms with Gasteiger partial charge in [0, 0.05) is 19.0 Å². The van der Waals surface area contributed by atoms with E-state index in [4.69, 9.17) is 5.26 Å². The van der Waals surface area contributed by atoms with Crippen LogP contribution >= 0.6 is 0 Å². The van der Waals surface area contributed by atoms with Gasteiger partial charge in [-0.1, -0.05) is 27.0 Å². The summed E-state index contributed by atoms with van der Waals surface area (Å²) in [6, 6.07) is 1.92. The zero-order valence-corrected chi connectivity index (χ0v) is 9.31. The summed E-state index contributed by atoms with van der Waals surface area (Å²) in [6.45, 7) is 12.5. The standard InChI is InChI=1S/C10H11FN2.C2H6/c1-7(11)3-9(4-12)8(2)10-5-13-6-10;1-2/h3,10,13H,1-2,5-6H2;1-2H3/b9-3-;. The SMILES string of the molecule is C=C(F)/C=C(/C#N)C(=C)C1CNC1.CC. The summed E-state index contributed by atoms with van der Waals surface area (Å²) in [5.74, 6) is -0.338. The van der Waals surface area contributed by atoms with E-state index in [0.717, 1.165) is 19.2 Å². The lowest BCUT2D eigenvalue weighted by Gasteiger charge is -2.28. The Bertz CT molecular complexity index is 306. The van der Waals surface area contributed by atoms with Gasteiger partial charge in [0.15, 0.2) is 0 Å². The first-order valence-corrected chi connectivity index (χ1v) is 5.01. The maximum atomic E-state index is 12.4. The Hall–Kier alpha value is -1.40. The molecule has 0 aromatic heterocycles. The van der Waals surface area contributed by atoms with E-state index in [-0.39, 0.29) is 5.92 Å². The van der Waals surface area contributed by atoms with Crippen molar-refractivity contribution in [3.8, 4) is 6.07 Å². The van der Waals surface area contributed by atoms with Crippen LogP contribution in [0.4, 0.5) is 4.39 Å². The van der Waals surface area contributed by atoms with Crippen LogP contribution < -0.4 is 5.32 Å². The van der Waals surface area contributed by atoms with Crippen LogP contribution in [0.25, 0.3) is 0 Å². The Labute approximate surface area is 90.8 Å². The van der Waals surface area contributed by atoms with Crippen molar-refractivity contribution in [3.05, 3.63) is 36.2 Å². The molecule has 15 heavy (non-hydrogen) atoms. The van der Waals surface area contributed by atoms with Crippen molar-refractivity contribution in [1.29, 1.82) is 5.26 Å². The van der Waals surface area contributed by atoms with E-state index in [9.17, 15) is 4.39 Å². The molecule has 0 bridgehead atoms. The second-order valence-corrected chi connectivity index (χ2v) is 3.00. The number of nitriles is 1. The molecule has 0 spiro atoms. The maximum Gasteiger partial charge on any atom is 0.117 e.